The molecule has 0 radical (unpaired) electrons. The number of piperidine rings is 1. The lowest BCUT2D eigenvalue weighted by Gasteiger charge is -2.27. The third-order valence-electron chi connectivity index (χ3n) is 4.87. The van der Waals surface area contributed by atoms with Gasteiger partial charge in [0.05, 0.1) is 43.8 Å². The van der Waals surface area contributed by atoms with E-state index in [1.54, 1.807) is 18.2 Å². The minimum absolute atomic E-state index is 0.0806. The molecule has 0 aromatic heterocycles. The SMILES string of the molecule is C=COCCOCCOCCNc1cccc2c1C(=O)N(C1CCC(=O)NC1=O)C2=O. The van der Waals surface area contributed by atoms with E-state index in [-0.39, 0.29) is 24.0 Å². The molecule has 31 heavy (non-hydrogen) atoms. The van der Waals surface area contributed by atoms with Crippen LogP contribution < -0.4 is 10.6 Å². The van der Waals surface area contributed by atoms with Gasteiger partial charge >= 0.3 is 0 Å². The first-order chi connectivity index (χ1) is 15.0. The Morgan fingerprint density at radius 3 is 2.55 bits per heavy atom. The number of benzene rings is 1. The van der Waals surface area contributed by atoms with Crippen molar-refractivity contribution in [2.75, 3.05) is 44.9 Å². The largest absolute Gasteiger partial charge is 0.499 e. The van der Waals surface area contributed by atoms with Crippen LogP contribution in [0.25, 0.3) is 0 Å². The van der Waals surface area contributed by atoms with E-state index in [1.807, 2.05) is 0 Å². The third kappa shape index (κ3) is 5.28. The van der Waals surface area contributed by atoms with Gasteiger partial charge < -0.3 is 19.5 Å². The lowest BCUT2D eigenvalue weighted by Crippen LogP contribution is -2.54. The molecule has 1 unspecified atom stereocenters. The summed E-state index contributed by atoms with van der Waals surface area (Å²) in [6.07, 6.45) is 1.56. The van der Waals surface area contributed by atoms with Gasteiger partial charge in [-0.15, -0.1) is 0 Å². The molecule has 2 aliphatic heterocycles. The minimum Gasteiger partial charge on any atom is -0.499 e. The molecule has 4 amide bonds. The van der Waals surface area contributed by atoms with Crippen molar-refractivity contribution < 1.29 is 33.4 Å². The predicted octanol–water partition coefficient (Wildman–Crippen LogP) is 0.693. The molecule has 1 aromatic carbocycles. The highest BCUT2D eigenvalue weighted by Gasteiger charge is 2.45. The molecule has 10 nitrogen and oxygen atoms in total. The zero-order chi connectivity index (χ0) is 22.2. The number of ether oxygens (including phenoxy) is 3. The lowest BCUT2D eigenvalue weighted by molar-refractivity contribution is -0.136. The van der Waals surface area contributed by atoms with Crippen LogP contribution >= 0.6 is 0 Å². The summed E-state index contributed by atoms with van der Waals surface area (Å²) in [5.74, 6) is -2.12. The van der Waals surface area contributed by atoms with Crippen molar-refractivity contribution >= 4 is 29.3 Å². The van der Waals surface area contributed by atoms with E-state index in [4.69, 9.17) is 14.2 Å². The average Bonchev–Trinajstić information content (AvgIpc) is 3.01. The highest BCUT2D eigenvalue weighted by Crippen LogP contribution is 2.32. The Labute approximate surface area is 179 Å². The highest BCUT2D eigenvalue weighted by molar-refractivity contribution is 6.25. The summed E-state index contributed by atoms with van der Waals surface area (Å²) in [4.78, 5) is 50.2. The van der Waals surface area contributed by atoms with Crippen LogP contribution in [0, 0.1) is 0 Å². The standard InChI is InChI=1S/C21H25N3O7/c1-2-29-10-11-31-13-12-30-9-8-22-15-5-3-4-14-18(15)21(28)24(20(14)27)16-6-7-17(25)23-19(16)26/h2-5,16,22H,1,6-13H2,(H,23,25,26). The van der Waals surface area contributed by atoms with Crippen molar-refractivity contribution in [3.63, 3.8) is 0 Å². The van der Waals surface area contributed by atoms with Crippen molar-refractivity contribution in [3.8, 4) is 0 Å². The monoisotopic (exact) mass is 431 g/mol. The fraction of sp³-hybridized carbons (Fsp3) is 0.429. The molecule has 3 rings (SSSR count). The molecule has 1 atom stereocenters. The molecular formula is C21H25N3O7. The number of nitrogens with one attached hydrogen (secondary N) is 2. The van der Waals surface area contributed by atoms with Gasteiger partial charge in [-0.2, -0.15) is 0 Å². The van der Waals surface area contributed by atoms with Crippen LogP contribution in [0.5, 0.6) is 0 Å². The zero-order valence-electron chi connectivity index (χ0n) is 17.1. The van der Waals surface area contributed by atoms with E-state index in [0.717, 1.165) is 4.90 Å². The van der Waals surface area contributed by atoms with Crippen molar-refractivity contribution in [1.29, 1.82) is 0 Å². The number of imide groups is 2. The normalized spacial score (nSPS) is 18.1. The van der Waals surface area contributed by atoms with E-state index < -0.39 is 29.7 Å². The number of fused-ring (bicyclic) bond motifs is 1. The number of anilines is 1. The highest BCUT2D eigenvalue weighted by atomic mass is 16.5. The van der Waals surface area contributed by atoms with Gasteiger partial charge in [0.15, 0.2) is 0 Å². The summed E-state index contributed by atoms with van der Waals surface area (Å²) in [7, 11) is 0. The number of rotatable bonds is 12. The molecule has 1 aromatic rings. The van der Waals surface area contributed by atoms with Gasteiger partial charge in [-0.05, 0) is 18.6 Å². The van der Waals surface area contributed by atoms with Gasteiger partial charge in [-0.1, -0.05) is 12.6 Å². The van der Waals surface area contributed by atoms with E-state index in [2.05, 4.69) is 17.2 Å². The van der Waals surface area contributed by atoms with Crippen LogP contribution in [0.2, 0.25) is 0 Å². The molecule has 10 heteroatoms. The maximum Gasteiger partial charge on any atom is 0.264 e. The minimum atomic E-state index is -0.988. The van der Waals surface area contributed by atoms with Crippen molar-refractivity contribution in [2.24, 2.45) is 0 Å². The first-order valence-electron chi connectivity index (χ1n) is 10.0. The summed E-state index contributed by atoms with van der Waals surface area (Å²) < 4.78 is 15.7. The van der Waals surface area contributed by atoms with Crippen LogP contribution in [0.1, 0.15) is 33.6 Å². The van der Waals surface area contributed by atoms with Crippen LogP contribution in [-0.4, -0.2) is 74.1 Å². The number of carbonyl (C=O) groups is 4. The molecule has 2 heterocycles. The number of hydrogen-bond donors (Lipinski definition) is 2. The first kappa shape index (κ1) is 22.4. The van der Waals surface area contributed by atoms with Crippen LogP contribution in [0.4, 0.5) is 5.69 Å². The van der Waals surface area contributed by atoms with E-state index in [0.29, 0.717) is 45.3 Å². The average molecular weight is 431 g/mol. The number of amides is 4. The molecule has 0 saturated carbocycles. The summed E-state index contributed by atoms with van der Waals surface area (Å²) >= 11 is 0. The van der Waals surface area contributed by atoms with Gasteiger partial charge in [0.2, 0.25) is 11.8 Å². The zero-order valence-corrected chi connectivity index (χ0v) is 17.1. The Hall–Kier alpha value is -3.24. The number of carbonyl (C=O) groups excluding carboxylic acids is 4. The van der Waals surface area contributed by atoms with Crippen LogP contribution in [0.3, 0.4) is 0 Å². The quantitative estimate of drug-likeness (QED) is 0.282. The van der Waals surface area contributed by atoms with Crippen LogP contribution in [-0.2, 0) is 23.8 Å². The third-order valence-corrected chi connectivity index (χ3v) is 4.87. The topological polar surface area (TPSA) is 123 Å². The molecule has 0 spiro atoms. The van der Waals surface area contributed by atoms with E-state index in [9.17, 15) is 19.2 Å². The lowest BCUT2D eigenvalue weighted by atomic mass is 10.0. The van der Waals surface area contributed by atoms with Gasteiger partial charge in [-0.25, -0.2) is 0 Å². The summed E-state index contributed by atoms with van der Waals surface area (Å²) in [6.45, 7) is 5.94. The first-order valence-corrected chi connectivity index (χ1v) is 10.0. The maximum absolute atomic E-state index is 13.0. The summed E-state index contributed by atoms with van der Waals surface area (Å²) in [5.41, 5.74) is 0.950. The van der Waals surface area contributed by atoms with Gasteiger partial charge in [-0.3, -0.25) is 29.4 Å². The Morgan fingerprint density at radius 2 is 1.81 bits per heavy atom. The number of hydrogen-bond acceptors (Lipinski definition) is 8. The van der Waals surface area contributed by atoms with Crippen molar-refractivity contribution in [1.82, 2.24) is 10.2 Å². The van der Waals surface area contributed by atoms with E-state index >= 15 is 0 Å². The van der Waals surface area contributed by atoms with E-state index in [1.165, 1.54) is 6.26 Å². The molecule has 1 fully saturated rings. The second-order valence-corrected chi connectivity index (χ2v) is 6.86. The number of nitrogens with zero attached hydrogens (tertiary/aromatic N) is 1. The molecule has 2 aliphatic rings. The molecule has 0 bridgehead atoms. The Morgan fingerprint density at radius 1 is 1.06 bits per heavy atom. The van der Waals surface area contributed by atoms with Gasteiger partial charge in [0, 0.05) is 18.7 Å². The maximum atomic E-state index is 13.0. The molecule has 166 valence electrons. The van der Waals surface area contributed by atoms with Crippen LogP contribution in [0.15, 0.2) is 31.0 Å². The second-order valence-electron chi connectivity index (χ2n) is 6.86. The fourth-order valence-electron chi connectivity index (χ4n) is 3.43. The van der Waals surface area contributed by atoms with Gasteiger partial charge in [0.25, 0.3) is 11.8 Å². The molecule has 1 saturated heterocycles. The fourth-order valence-corrected chi connectivity index (χ4v) is 3.43. The molecule has 2 N–H and O–H groups in total. The van der Waals surface area contributed by atoms with Crippen molar-refractivity contribution in [3.05, 3.63) is 42.2 Å². The molecule has 0 aliphatic carbocycles. The predicted molar refractivity (Wildman–Crippen MR) is 109 cm³/mol. The second kappa shape index (κ2) is 10.7. The van der Waals surface area contributed by atoms with Gasteiger partial charge in [0.1, 0.15) is 12.6 Å². The smallest absolute Gasteiger partial charge is 0.264 e. The summed E-state index contributed by atoms with van der Waals surface area (Å²) in [5, 5.41) is 5.29. The summed E-state index contributed by atoms with van der Waals surface area (Å²) in [6, 6.07) is 3.93. The Kier molecular flexibility index (Phi) is 7.74. The van der Waals surface area contributed by atoms with Crippen molar-refractivity contribution in [2.45, 2.75) is 18.9 Å². The Balaban J connectivity index is 1.52. The molecular weight excluding hydrogens is 406 g/mol. The Bertz CT molecular complexity index is 871.